The number of anilines is 1. The Morgan fingerprint density at radius 2 is 2.00 bits per heavy atom. The fraction of sp³-hybridized carbons (Fsp3) is 0.441. The number of halogens is 2. The van der Waals surface area contributed by atoms with E-state index < -0.39 is 12.0 Å². The zero-order valence-electron chi connectivity index (χ0n) is 24.0. The van der Waals surface area contributed by atoms with Crippen LogP contribution in [0.4, 0.5) is 14.6 Å². The molecule has 9 heteroatoms. The van der Waals surface area contributed by atoms with Gasteiger partial charge >= 0.3 is 6.01 Å². The minimum absolute atomic E-state index is 0.123. The summed E-state index contributed by atoms with van der Waals surface area (Å²) in [4.78, 5) is 18.8. The number of nitrogens with zero attached hydrogens (tertiary/aromatic N) is 5. The molecule has 4 aliphatic rings. The van der Waals surface area contributed by atoms with Gasteiger partial charge in [0.25, 0.3) is 0 Å². The van der Waals surface area contributed by atoms with Crippen molar-refractivity contribution in [1.29, 1.82) is 0 Å². The van der Waals surface area contributed by atoms with Crippen molar-refractivity contribution in [1.82, 2.24) is 25.2 Å². The number of fused-ring (bicyclic) bond motifs is 4. The second-order valence-electron chi connectivity index (χ2n) is 12.5. The molecule has 2 unspecified atom stereocenters. The number of ether oxygens (including phenoxy) is 1. The van der Waals surface area contributed by atoms with Crippen LogP contribution in [0, 0.1) is 18.2 Å². The largest absolute Gasteiger partial charge is 0.461 e. The third kappa shape index (κ3) is 4.34. The first kappa shape index (κ1) is 26.7. The van der Waals surface area contributed by atoms with Crippen molar-refractivity contribution in [2.75, 3.05) is 37.7 Å². The van der Waals surface area contributed by atoms with Gasteiger partial charge in [0, 0.05) is 54.3 Å². The first-order valence-corrected chi connectivity index (χ1v) is 15.4. The van der Waals surface area contributed by atoms with E-state index in [1.54, 1.807) is 6.20 Å². The van der Waals surface area contributed by atoms with Crippen molar-refractivity contribution in [3.8, 4) is 29.6 Å². The maximum Gasteiger partial charge on any atom is 0.319 e. The van der Waals surface area contributed by atoms with E-state index in [1.165, 1.54) is 0 Å². The molecule has 4 aliphatic heterocycles. The number of alkyl halides is 1. The van der Waals surface area contributed by atoms with Crippen molar-refractivity contribution in [3.05, 3.63) is 54.0 Å². The van der Waals surface area contributed by atoms with Gasteiger partial charge in [0.1, 0.15) is 29.8 Å². The lowest BCUT2D eigenvalue weighted by Crippen LogP contribution is -2.49. The summed E-state index contributed by atoms with van der Waals surface area (Å²) in [5.41, 5.74) is 1.29. The predicted octanol–water partition coefficient (Wildman–Crippen LogP) is 5.25. The van der Waals surface area contributed by atoms with Crippen LogP contribution in [0.25, 0.3) is 32.9 Å². The highest BCUT2D eigenvalue weighted by Crippen LogP contribution is 2.41. The molecule has 2 aromatic carbocycles. The number of aromatic nitrogens is 3. The molecule has 4 saturated heterocycles. The molecule has 220 valence electrons. The molecule has 0 aliphatic carbocycles. The number of hydrogen-bond acceptors (Lipinski definition) is 7. The van der Waals surface area contributed by atoms with Gasteiger partial charge in [-0.2, -0.15) is 9.97 Å². The summed E-state index contributed by atoms with van der Waals surface area (Å²) >= 11 is 0. The van der Waals surface area contributed by atoms with Crippen molar-refractivity contribution in [3.63, 3.8) is 0 Å². The molecule has 0 radical (unpaired) electrons. The Balaban J connectivity index is 1.27. The summed E-state index contributed by atoms with van der Waals surface area (Å²) in [5.74, 6) is 2.86. The second kappa shape index (κ2) is 10.4. The van der Waals surface area contributed by atoms with Gasteiger partial charge in [-0.05, 0) is 56.6 Å². The number of terminal acetylenes is 1. The Bertz CT molecular complexity index is 1770. The Kier molecular flexibility index (Phi) is 6.46. The molecule has 4 aromatic rings. The molecule has 7 nitrogen and oxygen atoms in total. The van der Waals surface area contributed by atoms with Crippen LogP contribution in [0.15, 0.2) is 42.6 Å². The molecular formula is C34H34F2N6O. The summed E-state index contributed by atoms with van der Waals surface area (Å²) < 4.78 is 37.6. The van der Waals surface area contributed by atoms with Crippen LogP contribution in [0.2, 0.25) is 0 Å². The maximum absolute atomic E-state index is 16.8. The molecule has 0 spiro atoms. The van der Waals surface area contributed by atoms with Crippen LogP contribution in [-0.4, -0.2) is 76.4 Å². The van der Waals surface area contributed by atoms with Gasteiger partial charge < -0.3 is 15.0 Å². The standard InChI is InChI=1S/C34H34F2N6O/c1-2-21-7-3-8-22-9-4-10-24(28(21)22)30-29(36)31-25(18-38-30)32(42-16-5-11-26-27(42)12-14-37-26)40-33(39-31)43-20-34-13-6-15-41(34)19-23(35)17-34/h1,3-4,7-10,18,23,26-27,37H,5-6,11-17,19-20H2/t23-,26?,27?,34+/m1/s1. The minimum atomic E-state index is -0.864. The van der Waals surface area contributed by atoms with E-state index in [9.17, 15) is 4.39 Å². The summed E-state index contributed by atoms with van der Waals surface area (Å²) in [6, 6.07) is 12.2. The van der Waals surface area contributed by atoms with Crippen molar-refractivity contribution < 1.29 is 13.5 Å². The van der Waals surface area contributed by atoms with E-state index in [0.717, 1.165) is 62.5 Å². The third-order valence-corrected chi connectivity index (χ3v) is 10.1. The number of nitrogens with one attached hydrogen (secondary N) is 1. The topological polar surface area (TPSA) is 66.4 Å². The third-order valence-electron chi connectivity index (χ3n) is 10.1. The predicted molar refractivity (Wildman–Crippen MR) is 163 cm³/mol. The maximum atomic E-state index is 16.8. The van der Waals surface area contributed by atoms with E-state index in [0.29, 0.717) is 41.3 Å². The van der Waals surface area contributed by atoms with Gasteiger partial charge in [0.05, 0.1) is 10.9 Å². The number of rotatable bonds is 5. The fourth-order valence-corrected chi connectivity index (χ4v) is 8.13. The molecule has 1 N–H and O–H groups in total. The lowest BCUT2D eigenvalue weighted by atomic mass is 9.95. The average Bonchev–Trinajstić information content (AvgIpc) is 3.74. The molecular weight excluding hydrogens is 546 g/mol. The highest BCUT2D eigenvalue weighted by atomic mass is 19.1. The first-order valence-electron chi connectivity index (χ1n) is 15.4. The van der Waals surface area contributed by atoms with Crippen LogP contribution >= 0.6 is 0 Å². The normalized spacial score (nSPS) is 27.0. The number of hydrogen-bond donors (Lipinski definition) is 1. The molecule has 8 rings (SSSR count). The molecule has 2 aromatic heterocycles. The van der Waals surface area contributed by atoms with Gasteiger partial charge in [-0.15, -0.1) is 6.42 Å². The smallest absolute Gasteiger partial charge is 0.319 e. The average molecular weight is 581 g/mol. The zero-order chi connectivity index (χ0) is 29.1. The molecule has 0 saturated carbocycles. The molecule has 0 amide bonds. The van der Waals surface area contributed by atoms with Crippen molar-refractivity contribution in [2.24, 2.45) is 0 Å². The SMILES string of the molecule is C#Cc1cccc2cccc(-c3ncc4c(N5CCCC6NCCC65)nc(OC[C@@]56CCCN5C[C@H](F)C6)nc4c3F)c12. The molecule has 0 bridgehead atoms. The van der Waals surface area contributed by atoms with E-state index in [1.807, 2.05) is 36.4 Å². The number of pyridine rings is 1. The Morgan fingerprint density at radius 3 is 2.88 bits per heavy atom. The molecule has 4 atom stereocenters. The summed E-state index contributed by atoms with van der Waals surface area (Å²) in [7, 11) is 0. The summed E-state index contributed by atoms with van der Waals surface area (Å²) in [5, 5.41) is 5.87. The monoisotopic (exact) mass is 580 g/mol. The van der Waals surface area contributed by atoms with Gasteiger partial charge in [-0.3, -0.25) is 9.88 Å². The molecule has 43 heavy (non-hydrogen) atoms. The lowest BCUT2D eigenvalue weighted by Gasteiger charge is -2.38. The lowest BCUT2D eigenvalue weighted by molar-refractivity contribution is 0.107. The van der Waals surface area contributed by atoms with E-state index in [-0.39, 0.29) is 35.4 Å². The molecule has 6 heterocycles. The molecule has 4 fully saturated rings. The zero-order valence-corrected chi connectivity index (χ0v) is 24.0. The quantitative estimate of drug-likeness (QED) is 0.324. The fourth-order valence-electron chi connectivity index (χ4n) is 8.13. The summed E-state index contributed by atoms with van der Waals surface area (Å²) in [6.45, 7) is 3.34. The highest BCUT2D eigenvalue weighted by Gasteiger charge is 2.49. The van der Waals surface area contributed by atoms with Crippen LogP contribution < -0.4 is 15.0 Å². The van der Waals surface area contributed by atoms with Crippen LogP contribution in [0.5, 0.6) is 6.01 Å². The second-order valence-corrected chi connectivity index (χ2v) is 12.5. The van der Waals surface area contributed by atoms with Crippen LogP contribution in [-0.2, 0) is 0 Å². The van der Waals surface area contributed by atoms with Gasteiger partial charge in [0.2, 0.25) is 0 Å². The van der Waals surface area contributed by atoms with Crippen molar-refractivity contribution >= 4 is 27.5 Å². The van der Waals surface area contributed by atoms with E-state index >= 15 is 4.39 Å². The van der Waals surface area contributed by atoms with E-state index in [4.69, 9.17) is 16.1 Å². The van der Waals surface area contributed by atoms with Crippen LogP contribution in [0.3, 0.4) is 0 Å². The Morgan fingerprint density at radius 1 is 1.12 bits per heavy atom. The summed E-state index contributed by atoms with van der Waals surface area (Å²) in [6.07, 6.45) is 12.1. The number of piperidine rings is 1. The highest BCUT2D eigenvalue weighted by molar-refractivity contribution is 6.02. The van der Waals surface area contributed by atoms with Gasteiger partial charge in [0.15, 0.2) is 5.82 Å². The first-order chi connectivity index (χ1) is 21.0. The Hall–Kier alpha value is -3.87. The van der Waals surface area contributed by atoms with Crippen molar-refractivity contribution in [2.45, 2.75) is 62.3 Å². The van der Waals surface area contributed by atoms with Gasteiger partial charge in [-0.25, -0.2) is 8.78 Å². The Labute approximate surface area is 249 Å². The number of benzene rings is 2. The minimum Gasteiger partial charge on any atom is -0.461 e. The van der Waals surface area contributed by atoms with E-state index in [2.05, 4.69) is 31.0 Å². The van der Waals surface area contributed by atoms with Crippen LogP contribution in [0.1, 0.15) is 44.1 Å². The van der Waals surface area contributed by atoms with Gasteiger partial charge in [-0.1, -0.05) is 36.3 Å².